The lowest BCUT2D eigenvalue weighted by molar-refractivity contribution is 0.661. The fourth-order valence-electron chi connectivity index (χ4n) is 9.51. The van der Waals surface area contributed by atoms with Crippen LogP contribution in [0.1, 0.15) is 44.2 Å². The Balaban J connectivity index is 1.12. The quantitative estimate of drug-likeness (QED) is 0.172. The molecule has 0 bridgehead atoms. The number of anilines is 1. The number of nitrogens with zero attached hydrogens (tertiary/aromatic N) is 2. The molecule has 3 aliphatic rings. The molecule has 3 heteroatoms. The Labute approximate surface area is 320 Å². The van der Waals surface area contributed by atoms with E-state index in [0.29, 0.717) is 0 Å². The molecule has 0 saturated carbocycles. The fraction of sp³-hybridized carbons (Fsp3) is 0.137. The number of hydrogen-bond acceptors (Lipinski definition) is 2. The van der Waals surface area contributed by atoms with Crippen molar-refractivity contribution in [2.24, 2.45) is 0 Å². The van der Waals surface area contributed by atoms with E-state index in [1.807, 2.05) is 11.3 Å². The van der Waals surface area contributed by atoms with E-state index in [-0.39, 0.29) is 11.5 Å². The summed E-state index contributed by atoms with van der Waals surface area (Å²) in [5, 5.41) is 5.26. The normalized spacial score (nSPS) is 17.1. The van der Waals surface area contributed by atoms with E-state index in [2.05, 4.69) is 187 Å². The summed E-state index contributed by atoms with van der Waals surface area (Å²) in [6.45, 7) is 4.77. The van der Waals surface area contributed by atoms with Crippen LogP contribution in [0, 0.1) is 0 Å². The van der Waals surface area contributed by atoms with Crippen LogP contribution in [0.2, 0.25) is 0 Å². The molecule has 54 heavy (non-hydrogen) atoms. The number of fused-ring (bicyclic) bond motifs is 9. The zero-order chi connectivity index (χ0) is 36.0. The molecular weight excluding hydrogens is 673 g/mol. The van der Waals surface area contributed by atoms with Crippen molar-refractivity contribution in [1.29, 1.82) is 0 Å². The molecule has 2 aromatic heterocycles. The number of benzene rings is 6. The van der Waals surface area contributed by atoms with E-state index in [4.69, 9.17) is 0 Å². The molecule has 1 unspecified atom stereocenters. The van der Waals surface area contributed by atoms with Gasteiger partial charge in [-0.25, -0.2) is 0 Å². The van der Waals surface area contributed by atoms with E-state index in [0.717, 1.165) is 19.3 Å². The van der Waals surface area contributed by atoms with Crippen molar-refractivity contribution in [3.63, 3.8) is 0 Å². The number of allylic oxidation sites excluding steroid dienone is 6. The Bertz CT molecular complexity index is 2940. The third kappa shape index (κ3) is 4.71. The number of aromatic nitrogens is 1. The minimum atomic E-state index is -0.0854. The molecule has 2 heterocycles. The summed E-state index contributed by atoms with van der Waals surface area (Å²) >= 11 is 1.89. The van der Waals surface area contributed by atoms with Crippen LogP contribution in [-0.4, -0.2) is 10.6 Å². The van der Waals surface area contributed by atoms with Crippen LogP contribution in [0.25, 0.3) is 69.9 Å². The summed E-state index contributed by atoms with van der Waals surface area (Å²) in [6, 6.07) is 46.3. The first kappa shape index (κ1) is 31.6. The molecule has 0 spiro atoms. The van der Waals surface area contributed by atoms with Crippen LogP contribution in [0.15, 0.2) is 170 Å². The summed E-state index contributed by atoms with van der Waals surface area (Å²) in [5.74, 6) is 0. The van der Waals surface area contributed by atoms with Gasteiger partial charge in [-0.2, -0.15) is 0 Å². The van der Waals surface area contributed by atoms with Gasteiger partial charge in [-0.3, -0.25) is 0 Å². The van der Waals surface area contributed by atoms with Crippen molar-refractivity contribution < 1.29 is 0 Å². The Hall–Kier alpha value is -5.90. The van der Waals surface area contributed by atoms with Crippen molar-refractivity contribution in [3.05, 3.63) is 181 Å². The smallest absolute Gasteiger partial charge is 0.0556 e. The largest absolute Gasteiger partial charge is 0.338 e. The SMILES string of the molecule is CC1(C)c2ccccc2-c2cc3c4cc(N(C5=CC=CCC5)C5C=CC=CC5)ccc4n(-c4ccc(-c5cccc6c5sc5ccccc56)cc4)c3cc21. The van der Waals surface area contributed by atoms with E-state index in [1.165, 1.54) is 92.4 Å². The van der Waals surface area contributed by atoms with Crippen LogP contribution in [0.3, 0.4) is 0 Å². The first-order chi connectivity index (χ1) is 26.5. The van der Waals surface area contributed by atoms with E-state index < -0.39 is 0 Å². The molecule has 0 amide bonds. The zero-order valence-electron chi connectivity index (χ0n) is 30.6. The van der Waals surface area contributed by atoms with Crippen molar-refractivity contribution in [1.82, 2.24) is 4.57 Å². The molecule has 6 aromatic carbocycles. The molecular formula is C51H40N2S. The van der Waals surface area contributed by atoms with Gasteiger partial charge in [0, 0.05) is 53.4 Å². The molecule has 0 radical (unpaired) electrons. The molecule has 0 aliphatic heterocycles. The molecule has 11 rings (SSSR count). The minimum absolute atomic E-state index is 0.0854. The molecule has 1 atom stereocenters. The van der Waals surface area contributed by atoms with Gasteiger partial charge >= 0.3 is 0 Å². The molecule has 0 fully saturated rings. The first-order valence-electron chi connectivity index (χ1n) is 19.3. The highest BCUT2D eigenvalue weighted by Crippen LogP contribution is 2.51. The number of hydrogen-bond donors (Lipinski definition) is 0. The van der Waals surface area contributed by atoms with Crippen LogP contribution >= 0.6 is 11.3 Å². The van der Waals surface area contributed by atoms with Crippen molar-refractivity contribution in [3.8, 4) is 27.9 Å². The predicted octanol–water partition coefficient (Wildman–Crippen LogP) is 14.0. The van der Waals surface area contributed by atoms with Gasteiger partial charge < -0.3 is 9.47 Å². The van der Waals surface area contributed by atoms with Gasteiger partial charge in [0.05, 0.1) is 17.1 Å². The molecule has 3 aliphatic carbocycles. The highest BCUT2D eigenvalue weighted by Gasteiger charge is 2.36. The second kappa shape index (κ2) is 12.1. The lowest BCUT2D eigenvalue weighted by Gasteiger charge is -2.35. The Morgan fingerprint density at radius 1 is 0.648 bits per heavy atom. The van der Waals surface area contributed by atoms with Gasteiger partial charge in [0.15, 0.2) is 0 Å². The zero-order valence-corrected chi connectivity index (χ0v) is 31.4. The third-order valence-corrected chi connectivity index (χ3v) is 13.4. The van der Waals surface area contributed by atoms with Crippen molar-refractivity contribution >= 4 is 59.0 Å². The Kier molecular flexibility index (Phi) is 7.06. The molecule has 8 aromatic rings. The van der Waals surface area contributed by atoms with Crippen molar-refractivity contribution in [2.45, 2.75) is 44.6 Å². The van der Waals surface area contributed by atoms with Gasteiger partial charge in [-0.15, -0.1) is 11.3 Å². The standard InChI is InChI=1S/C51H40N2S/c1-51(2)45-22-11-9-18-39(45)42-31-44-43-30-37(52(34-14-5-3-6-15-34)35-16-7-4-8-17-35)28-29-47(43)53(48(44)32-46(42)51)36-26-24-33(25-27-36)38-20-13-21-41-40-19-10-12-23-49(40)54-50(38)41/h3-7,9-14,16,18-32,34H,8,15,17H2,1-2H3. The Morgan fingerprint density at radius 2 is 1.46 bits per heavy atom. The second-order valence-corrected chi connectivity index (χ2v) is 16.6. The van der Waals surface area contributed by atoms with Crippen LogP contribution < -0.4 is 4.90 Å². The van der Waals surface area contributed by atoms with Gasteiger partial charge in [-0.05, 0) is 107 Å². The maximum absolute atomic E-state index is 2.58. The summed E-state index contributed by atoms with van der Waals surface area (Å²) in [5.41, 5.74) is 14.3. The van der Waals surface area contributed by atoms with Gasteiger partial charge in [0.2, 0.25) is 0 Å². The summed E-state index contributed by atoms with van der Waals surface area (Å²) in [4.78, 5) is 2.58. The predicted molar refractivity (Wildman–Crippen MR) is 232 cm³/mol. The lowest BCUT2D eigenvalue weighted by atomic mass is 9.82. The van der Waals surface area contributed by atoms with Crippen LogP contribution in [0.4, 0.5) is 5.69 Å². The molecule has 0 N–H and O–H groups in total. The molecule has 0 saturated heterocycles. The first-order valence-corrected chi connectivity index (χ1v) is 20.1. The average molecular weight is 713 g/mol. The van der Waals surface area contributed by atoms with E-state index >= 15 is 0 Å². The van der Waals surface area contributed by atoms with Crippen LogP contribution in [0.5, 0.6) is 0 Å². The molecule has 260 valence electrons. The summed E-state index contributed by atoms with van der Waals surface area (Å²) in [6.07, 6.45) is 19.0. The number of thiophene rings is 1. The molecule has 2 nitrogen and oxygen atoms in total. The summed E-state index contributed by atoms with van der Waals surface area (Å²) in [7, 11) is 0. The van der Waals surface area contributed by atoms with Gasteiger partial charge in [0.25, 0.3) is 0 Å². The Morgan fingerprint density at radius 3 is 2.31 bits per heavy atom. The van der Waals surface area contributed by atoms with Crippen molar-refractivity contribution in [2.75, 3.05) is 4.90 Å². The maximum atomic E-state index is 2.58. The number of rotatable bonds is 5. The van der Waals surface area contributed by atoms with E-state index in [9.17, 15) is 0 Å². The topological polar surface area (TPSA) is 8.17 Å². The van der Waals surface area contributed by atoms with Gasteiger partial charge in [0.1, 0.15) is 0 Å². The fourth-order valence-corrected chi connectivity index (χ4v) is 10.8. The lowest BCUT2D eigenvalue weighted by Crippen LogP contribution is -2.34. The minimum Gasteiger partial charge on any atom is -0.338 e. The maximum Gasteiger partial charge on any atom is 0.0556 e. The highest BCUT2D eigenvalue weighted by atomic mass is 32.1. The average Bonchev–Trinajstić information content (AvgIpc) is 3.83. The van der Waals surface area contributed by atoms with E-state index in [1.54, 1.807) is 0 Å². The second-order valence-electron chi connectivity index (χ2n) is 15.6. The highest BCUT2D eigenvalue weighted by molar-refractivity contribution is 7.26. The summed E-state index contributed by atoms with van der Waals surface area (Å²) < 4.78 is 5.20. The third-order valence-electron chi connectivity index (χ3n) is 12.2. The van der Waals surface area contributed by atoms with Gasteiger partial charge in [-0.1, -0.05) is 123 Å². The van der Waals surface area contributed by atoms with Crippen LogP contribution in [-0.2, 0) is 5.41 Å². The monoisotopic (exact) mass is 712 g/mol.